The van der Waals surface area contributed by atoms with E-state index in [0.717, 1.165) is 30.2 Å². The molecule has 1 aliphatic carbocycles. The summed E-state index contributed by atoms with van der Waals surface area (Å²) in [7, 11) is 1.64. The van der Waals surface area contributed by atoms with Crippen molar-refractivity contribution in [1.29, 1.82) is 0 Å². The summed E-state index contributed by atoms with van der Waals surface area (Å²) in [6.45, 7) is 4.14. The molecule has 0 bridgehead atoms. The Kier molecular flexibility index (Phi) is 5.73. The van der Waals surface area contributed by atoms with E-state index in [0.29, 0.717) is 12.6 Å². The van der Waals surface area contributed by atoms with Crippen molar-refractivity contribution in [2.45, 2.75) is 38.9 Å². The van der Waals surface area contributed by atoms with Gasteiger partial charge < -0.3 is 9.47 Å². The molecule has 0 amide bonds. The minimum absolute atomic E-state index is 0.128. The SMILES string of the molecule is CCOc1cc(CN(Cc2ccc([N+](=O)[O-])cc2)C2CC2)ccc1OC. The van der Waals surface area contributed by atoms with E-state index in [1.807, 2.05) is 31.2 Å². The first-order valence-corrected chi connectivity index (χ1v) is 8.87. The van der Waals surface area contributed by atoms with Crippen molar-refractivity contribution in [2.75, 3.05) is 13.7 Å². The van der Waals surface area contributed by atoms with Gasteiger partial charge in [0.25, 0.3) is 5.69 Å². The highest BCUT2D eigenvalue weighted by atomic mass is 16.6. The van der Waals surface area contributed by atoms with Gasteiger partial charge in [0.1, 0.15) is 0 Å². The lowest BCUT2D eigenvalue weighted by Crippen LogP contribution is -2.25. The van der Waals surface area contributed by atoms with Crippen molar-refractivity contribution < 1.29 is 14.4 Å². The Hall–Kier alpha value is -2.60. The predicted octanol–water partition coefficient (Wildman–Crippen LogP) is 4.17. The van der Waals surface area contributed by atoms with E-state index in [2.05, 4.69) is 11.0 Å². The molecule has 1 saturated carbocycles. The van der Waals surface area contributed by atoms with Crippen LogP contribution < -0.4 is 9.47 Å². The van der Waals surface area contributed by atoms with Crippen molar-refractivity contribution in [1.82, 2.24) is 4.90 Å². The number of nitro benzene ring substituents is 1. The van der Waals surface area contributed by atoms with Gasteiger partial charge in [-0.15, -0.1) is 0 Å². The molecule has 1 aliphatic rings. The fraction of sp³-hybridized carbons (Fsp3) is 0.400. The Bertz CT molecular complexity index is 757. The fourth-order valence-corrected chi connectivity index (χ4v) is 3.03. The lowest BCUT2D eigenvalue weighted by atomic mass is 10.1. The molecular formula is C20H24N2O4. The lowest BCUT2D eigenvalue weighted by molar-refractivity contribution is -0.384. The maximum absolute atomic E-state index is 10.8. The van der Waals surface area contributed by atoms with Crippen LogP contribution in [-0.4, -0.2) is 29.6 Å². The summed E-state index contributed by atoms with van der Waals surface area (Å²) < 4.78 is 11.0. The summed E-state index contributed by atoms with van der Waals surface area (Å²) in [6.07, 6.45) is 2.39. The van der Waals surface area contributed by atoms with Crippen molar-refractivity contribution in [2.24, 2.45) is 0 Å². The molecule has 26 heavy (non-hydrogen) atoms. The summed E-state index contributed by atoms with van der Waals surface area (Å²) in [4.78, 5) is 12.9. The van der Waals surface area contributed by atoms with Crippen LogP contribution in [0.1, 0.15) is 30.9 Å². The van der Waals surface area contributed by atoms with Gasteiger partial charge in [-0.3, -0.25) is 15.0 Å². The third-order valence-electron chi connectivity index (χ3n) is 4.51. The standard InChI is InChI=1S/C20H24N2O4/c1-3-26-20-12-16(6-11-19(20)25-2)14-21(17-9-10-17)13-15-4-7-18(8-5-15)22(23)24/h4-8,11-12,17H,3,9-10,13-14H2,1-2H3. The van der Waals surface area contributed by atoms with E-state index < -0.39 is 0 Å². The number of nitro groups is 1. The summed E-state index contributed by atoms with van der Waals surface area (Å²) in [5.41, 5.74) is 2.38. The van der Waals surface area contributed by atoms with Crippen molar-refractivity contribution in [3.8, 4) is 11.5 Å². The van der Waals surface area contributed by atoms with Crippen LogP contribution in [0.4, 0.5) is 5.69 Å². The number of benzene rings is 2. The second-order valence-corrected chi connectivity index (χ2v) is 6.48. The number of nitrogens with zero attached hydrogens (tertiary/aromatic N) is 2. The fourth-order valence-electron chi connectivity index (χ4n) is 3.03. The maximum atomic E-state index is 10.8. The molecule has 1 fully saturated rings. The number of non-ortho nitro benzene ring substituents is 1. The average molecular weight is 356 g/mol. The summed E-state index contributed by atoms with van der Waals surface area (Å²) in [5.74, 6) is 1.50. The zero-order valence-corrected chi connectivity index (χ0v) is 15.2. The van der Waals surface area contributed by atoms with E-state index in [1.165, 1.54) is 18.4 Å². The first-order valence-electron chi connectivity index (χ1n) is 8.87. The summed E-state index contributed by atoms with van der Waals surface area (Å²) in [6, 6.07) is 13.4. The molecule has 0 spiro atoms. The van der Waals surface area contributed by atoms with Gasteiger partial charge in [0.05, 0.1) is 18.6 Å². The Morgan fingerprint density at radius 1 is 1.08 bits per heavy atom. The van der Waals surface area contributed by atoms with Gasteiger partial charge in [-0.2, -0.15) is 0 Å². The van der Waals surface area contributed by atoms with Gasteiger partial charge in [-0.05, 0) is 43.0 Å². The predicted molar refractivity (Wildman–Crippen MR) is 99.5 cm³/mol. The van der Waals surface area contributed by atoms with Gasteiger partial charge in [0, 0.05) is 31.3 Å². The molecule has 0 atom stereocenters. The number of methoxy groups -OCH3 is 1. The summed E-state index contributed by atoms with van der Waals surface area (Å²) in [5, 5.41) is 10.8. The molecular weight excluding hydrogens is 332 g/mol. The minimum atomic E-state index is -0.366. The van der Waals surface area contributed by atoms with Crippen molar-refractivity contribution >= 4 is 5.69 Å². The Labute approximate surface area is 153 Å². The molecule has 2 aromatic carbocycles. The third-order valence-corrected chi connectivity index (χ3v) is 4.51. The molecule has 0 aromatic heterocycles. The molecule has 0 N–H and O–H groups in total. The topological polar surface area (TPSA) is 64.8 Å². The quantitative estimate of drug-likeness (QED) is 0.498. The van der Waals surface area contributed by atoms with Gasteiger partial charge in [0.2, 0.25) is 0 Å². The van der Waals surface area contributed by atoms with Gasteiger partial charge in [0.15, 0.2) is 11.5 Å². The van der Waals surface area contributed by atoms with Crippen LogP contribution in [-0.2, 0) is 13.1 Å². The first kappa shape index (κ1) is 18.2. The van der Waals surface area contributed by atoms with Crippen LogP contribution in [0.15, 0.2) is 42.5 Å². The average Bonchev–Trinajstić information content (AvgIpc) is 3.47. The molecule has 6 heteroatoms. The van der Waals surface area contributed by atoms with Crippen LogP contribution in [0.3, 0.4) is 0 Å². The van der Waals surface area contributed by atoms with E-state index in [1.54, 1.807) is 19.2 Å². The largest absolute Gasteiger partial charge is 0.493 e. The number of ether oxygens (including phenoxy) is 2. The van der Waals surface area contributed by atoms with Crippen molar-refractivity contribution in [3.05, 3.63) is 63.7 Å². The van der Waals surface area contributed by atoms with Gasteiger partial charge >= 0.3 is 0 Å². The number of hydrogen-bond acceptors (Lipinski definition) is 5. The normalized spacial score (nSPS) is 13.7. The highest BCUT2D eigenvalue weighted by Crippen LogP contribution is 2.33. The molecule has 0 unspecified atom stereocenters. The van der Waals surface area contributed by atoms with Gasteiger partial charge in [-0.25, -0.2) is 0 Å². The van der Waals surface area contributed by atoms with Crippen LogP contribution in [0.25, 0.3) is 0 Å². The third kappa shape index (κ3) is 4.52. The van der Waals surface area contributed by atoms with E-state index in [9.17, 15) is 10.1 Å². The minimum Gasteiger partial charge on any atom is -0.493 e. The molecule has 0 aliphatic heterocycles. The molecule has 2 aromatic rings. The van der Waals surface area contributed by atoms with Crippen molar-refractivity contribution in [3.63, 3.8) is 0 Å². The Morgan fingerprint density at radius 2 is 1.73 bits per heavy atom. The zero-order valence-electron chi connectivity index (χ0n) is 15.2. The van der Waals surface area contributed by atoms with E-state index >= 15 is 0 Å². The molecule has 138 valence electrons. The zero-order chi connectivity index (χ0) is 18.5. The molecule has 3 rings (SSSR count). The molecule has 6 nitrogen and oxygen atoms in total. The molecule has 0 radical (unpaired) electrons. The number of rotatable bonds is 9. The Morgan fingerprint density at radius 3 is 2.31 bits per heavy atom. The van der Waals surface area contributed by atoms with E-state index in [-0.39, 0.29) is 10.6 Å². The van der Waals surface area contributed by atoms with Crippen LogP contribution >= 0.6 is 0 Å². The van der Waals surface area contributed by atoms with E-state index in [4.69, 9.17) is 9.47 Å². The van der Waals surface area contributed by atoms with Crippen LogP contribution in [0.5, 0.6) is 11.5 Å². The van der Waals surface area contributed by atoms with Crippen LogP contribution in [0, 0.1) is 10.1 Å². The highest BCUT2D eigenvalue weighted by Gasteiger charge is 2.29. The monoisotopic (exact) mass is 356 g/mol. The smallest absolute Gasteiger partial charge is 0.269 e. The molecule has 0 saturated heterocycles. The lowest BCUT2D eigenvalue weighted by Gasteiger charge is -2.23. The summed E-state index contributed by atoms with van der Waals surface area (Å²) >= 11 is 0. The second kappa shape index (κ2) is 8.19. The highest BCUT2D eigenvalue weighted by molar-refractivity contribution is 5.43. The Balaban J connectivity index is 1.72. The van der Waals surface area contributed by atoms with Crippen LogP contribution in [0.2, 0.25) is 0 Å². The second-order valence-electron chi connectivity index (χ2n) is 6.48. The molecule has 0 heterocycles. The first-order chi connectivity index (χ1) is 12.6. The van der Waals surface area contributed by atoms with Gasteiger partial charge in [-0.1, -0.05) is 18.2 Å². The number of hydrogen-bond donors (Lipinski definition) is 0. The maximum Gasteiger partial charge on any atom is 0.269 e.